The minimum Gasteiger partial charge on any atom is -0.545 e. The molecule has 2 unspecified atom stereocenters. The fourth-order valence-corrected chi connectivity index (χ4v) is 9.64. The molecule has 0 aliphatic rings. The number of nitrogens with zero attached hydrogens (tertiary/aromatic N) is 1. The number of carbonyl (C=O) groups excluding carboxylic acids is 3. The highest BCUT2D eigenvalue weighted by molar-refractivity contribution is 5.70. The van der Waals surface area contributed by atoms with Crippen LogP contribution in [0.25, 0.3) is 0 Å². The summed E-state index contributed by atoms with van der Waals surface area (Å²) in [6.07, 6.45) is 133. The van der Waals surface area contributed by atoms with Crippen LogP contribution in [0.4, 0.5) is 0 Å². The zero-order chi connectivity index (χ0) is 76.0. The molecule has 0 heterocycles. The fourth-order valence-electron chi connectivity index (χ4n) is 9.64. The zero-order valence-corrected chi connectivity index (χ0v) is 66.2. The molecule has 0 amide bonds. The van der Waals surface area contributed by atoms with E-state index in [2.05, 4.69) is 293 Å². The summed E-state index contributed by atoms with van der Waals surface area (Å²) in [5.41, 5.74) is 0. The van der Waals surface area contributed by atoms with Crippen LogP contribution in [0, 0.1) is 0 Å². The molecule has 0 saturated carbocycles. The average Bonchev–Trinajstić information content (AvgIpc) is 1.18. The number of unbranched alkanes of at least 4 members (excludes halogenated alkanes) is 9. The second-order valence-corrected chi connectivity index (χ2v) is 26.5. The van der Waals surface area contributed by atoms with Crippen molar-refractivity contribution in [2.45, 2.75) is 257 Å². The van der Waals surface area contributed by atoms with Gasteiger partial charge in [-0.05, 0) is 186 Å². The van der Waals surface area contributed by atoms with E-state index in [0.717, 1.165) is 205 Å². The Morgan fingerprint density at radius 3 is 0.762 bits per heavy atom. The van der Waals surface area contributed by atoms with Crippen LogP contribution in [0.1, 0.15) is 245 Å². The summed E-state index contributed by atoms with van der Waals surface area (Å²) >= 11 is 0. The molecule has 9 nitrogen and oxygen atoms in total. The van der Waals surface area contributed by atoms with Crippen molar-refractivity contribution in [1.82, 2.24) is 0 Å². The largest absolute Gasteiger partial charge is 0.545 e. The third kappa shape index (κ3) is 83.5. The lowest BCUT2D eigenvalue weighted by Crippen LogP contribution is -2.44. The maximum atomic E-state index is 13.0. The Kier molecular flexibility index (Phi) is 76.0. The molecule has 0 aromatic carbocycles. The monoisotopic (exact) mass is 1440 g/mol. The Balaban J connectivity index is 4.28. The lowest BCUT2D eigenvalue weighted by atomic mass is 10.1. The van der Waals surface area contributed by atoms with E-state index < -0.39 is 30.3 Å². The lowest BCUT2D eigenvalue weighted by Gasteiger charge is -2.26. The van der Waals surface area contributed by atoms with Crippen LogP contribution in [0.2, 0.25) is 0 Å². The van der Waals surface area contributed by atoms with Gasteiger partial charge >= 0.3 is 11.9 Å². The second kappa shape index (κ2) is 82.0. The summed E-state index contributed by atoms with van der Waals surface area (Å²) in [6.45, 7) is 4.42. The first kappa shape index (κ1) is 97.3. The summed E-state index contributed by atoms with van der Waals surface area (Å²) in [6, 6.07) is 0. The Hall–Kier alpha value is -7.69. The number of allylic oxidation sites excluding steroid dienone is 46. The van der Waals surface area contributed by atoms with E-state index >= 15 is 0 Å². The van der Waals surface area contributed by atoms with Crippen molar-refractivity contribution in [3.63, 3.8) is 0 Å². The van der Waals surface area contributed by atoms with E-state index in [4.69, 9.17) is 18.9 Å². The summed E-state index contributed by atoms with van der Waals surface area (Å²) in [5.74, 6) is -2.38. The van der Waals surface area contributed by atoms with Crippen molar-refractivity contribution in [3.8, 4) is 0 Å². The number of carboxylic acids is 1. The Labute approximate surface area is 641 Å². The molecule has 580 valence electrons. The number of carboxylic acid groups (broad SMARTS) is 1. The molecular weight excluding hydrogens is 1300 g/mol. The van der Waals surface area contributed by atoms with Gasteiger partial charge in [-0.15, -0.1) is 0 Å². The number of rotatable bonds is 70. The van der Waals surface area contributed by atoms with Crippen molar-refractivity contribution in [2.24, 2.45) is 0 Å². The number of carbonyl (C=O) groups is 3. The number of likely N-dealkylation sites (N-methyl/N-ethyl adjacent to an activating group) is 1. The third-order valence-electron chi connectivity index (χ3n) is 15.7. The van der Waals surface area contributed by atoms with Crippen LogP contribution >= 0.6 is 0 Å². The van der Waals surface area contributed by atoms with Crippen LogP contribution in [0.3, 0.4) is 0 Å². The third-order valence-corrected chi connectivity index (χ3v) is 15.7. The van der Waals surface area contributed by atoms with Crippen LogP contribution in [0.5, 0.6) is 0 Å². The van der Waals surface area contributed by atoms with Crippen LogP contribution < -0.4 is 5.11 Å². The first-order valence-electron chi connectivity index (χ1n) is 40.1. The molecule has 0 aliphatic heterocycles. The van der Waals surface area contributed by atoms with E-state index in [1.807, 2.05) is 21.1 Å². The minimum atomic E-state index is -1.65. The van der Waals surface area contributed by atoms with Gasteiger partial charge in [-0.3, -0.25) is 9.59 Å². The SMILES string of the molecule is CC/C=C\C/C=C\C/C=C\C/C=C\C/C=C\C/C=C\C/C=C\C/C=C\C/C=C\C/C=C\C/C=C\C/C=C\CCCCCCC(=O)OC(COC(=O)CCCCCCC/C=C\C/C=C\C/C=C\C/C=C\C/C=C\C/C=C\C/C=C\C/C=C\C/C=C\C/C=C\C/C=C\CC)COC(OCC[N+](C)(C)C)C(=O)[O-]. The van der Waals surface area contributed by atoms with E-state index in [0.29, 0.717) is 23.9 Å². The quantitative estimate of drug-likeness (QED) is 0.0195. The molecule has 2 atom stereocenters. The van der Waals surface area contributed by atoms with Crippen molar-refractivity contribution in [3.05, 3.63) is 279 Å². The number of aliphatic carboxylic acids is 1. The first-order chi connectivity index (χ1) is 51.6. The van der Waals surface area contributed by atoms with Gasteiger partial charge in [0.05, 0.1) is 40.3 Å². The highest BCUT2D eigenvalue weighted by Crippen LogP contribution is 2.13. The fraction of sp³-hybridized carbons (Fsp3) is 0.490. The Morgan fingerprint density at radius 2 is 0.514 bits per heavy atom. The minimum absolute atomic E-state index is 0.123. The number of quaternary nitrogens is 1. The summed E-state index contributed by atoms with van der Waals surface area (Å²) in [4.78, 5) is 37.6. The van der Waals surface area contributed by atoms with Crippen LogP contribution in [0.15, 0.2) is 279 Å². The molecule has 0 fully saturated rings. The van der Waals surface area contributed by atoms with Crippen molar-refractivity contribution in [1.29, 1.82) is 0 Å². The number of hydrogen-bond donors (Lipinski definition) is 0. The molecule has 0 saturated heterocycles. The molecule has 0 radical (unpaired) electrons. The lowest BCUT2D eigenvalue weighted by molar-refractivity contribution is -0.870. The number of esters is 2. The topological polar surface area (TPSA) is 111 Å². The summed E-state index contributed by atoms with van der Waals surface area (Å²) in [5, 5.41) is 11.9. The highest BCUT2D eigenvalue weighted by Gasteiger charge is 2.22. The van der Waals surface area contributed by atoms with Gasteiger partial charge in [0.15, 0.2) is 12.4 Å². The smallest absolute Gasteiger partial charge is 0.306 e. The predicted octanol–water partition coefficient (Wildman–Crippen LogP) is 25.1. The highest BCUT2D eigenvalue weighted by atomic mass is 16.7. The van der Waals surface area contributed by atoms with Gasteiger partial charge in [0.1, 0.15) is 13.2 Å². The van der Waals surface area contributed by atoms with Gasteiger partial charge in [0, 0.05) is 12.8 Å². The summed E-state index contributed by atoms with van der Waals surface area (Å²) < 4.78 is 22.8. The van der Waals surface area contributed by atoms with Crippen molar-refractivity contribution in [2.75, 3.05) is 47.5 Å². The molecule has 0 aliphatic carbocycles. The van der Waals surface area contributed by atoms with Gasteiger partial charge in [-0.1, -0.05) is 325 Å². The van der Waals surface area contributed by atoms with E-state index in [1.54, 1.807) is 0 Å². The second-order valence-electron chi connectivity index (χ2n) is 26.5. The Bertz CT molecular complexity index is 2790. The molecule has 0 aromatic heterocycles. The van der Waals surface area contributed by atoms with Crippen LogP contribution in [-0.2, 0) is 33.3 Å². The molecule has 0 N–H and O–H groups in total. The van der Waals surface area contributed by atoms with Gasteiger partial charge in [-0.2, -0.15) is 0 Å². The maximum Gasteiger partial charge on any atom is 0.306 e. The zero-order valence-electron chi connectivity index (χ0n) is 66.2. The van der Waals surface area contributed by atoms with Gasteiger partial charge in [0.25, 0.3) is 0 Å². The average molecular weight is 1440 g/mol. The predicted molar refractivity (Wildman–Crippen MR) is 452 cm³/mol. The number of ether oxygens (including phenoxy) is 4. The normalized spacial score (nSPS) is 14.2. The van der Waals surface area contributed by atoms with Gasteiger partial charge in [0.2, 0.25) is 0 Å². The maximum absolute atomic E-state index is 13.0. The first-order valence-corrected chi connectivity index (χ1v) is 40.1. The summed E-state index contributed by atoms with van der Waals surface area (Å²) in [7, 11) is 5.89. The number of hydrogen-bond acceptors (Lipinski definition) is 8. The van der Waals surface area contributed by atoms with Gasteiger partial charge < -0.3 is 33.3 Å². The molecular formula is C96H143NO8. The standard InChI is InChI=1S/C96H143NO8/c1-6-8-10-12-14-16-18-20-22-24-26-28-30-32-34-36-38-40-42-44-46-47-49-51-53-55-57-59-61-63-65-67-69-71-73-75-77-79-81-83-85-87-94(99)105-92(91-104-96(95(100)101)102-89-88-97(3,4)5)90-103-93(98)86-84-82-80-78-76-74-72-70-68-66-64-62-60-58-56-54-52-50-48-45-43-41-39-37-35-33-31-29-27-25-23-21-19-17-15-13-11-9-7-2/h8-11,14-17,20-23,26-29,32-35,38-41,44-46,48-49,51-52,54-55,57-58,60-61,63-64,66-67,69-70,72-73,75,92,96H,6-7,12-13,18-19,24-25,30-31,36-37,42-43,47,50,53,56,59,62,65,68,71,74,76-91H2,1-5H3/b10-8-,11-9-,16-14-,17-15-,22-20-,23-21-,28-26-,29-27-,34-32-,35-33-,40-38-,41-39-,46-44-,48-45-,51-49-,54-52-,57-55-,60-58-,63-61-,66-64-,69-67-,72-70-,75-73-. The molecule has 105 heavy (non-hydrogen) atoms. The van der Waals surface area contributed by atoms with E-state index in [1.165, 1.54) is 0 Å². The Morgan fingerprint density at radius 1 is 0.286 bits per heavy atom. The van der Waals surface area contributed by atoms with E-state index in [9.17, 15) is 19.5 Å². The van der Waals surface area contributed by atoms with Crippen molar-refractivity contribution >= 4 is 17.9 Å². The molecule has 0 aromatic rings. The molecule has 0 spiro atoms. The van der Waals surface area contributed by atoms with Crippen LogP contribution in [-0.4, -0.2) is 82.3 Å². The molecule has 0 rings (SSSR count). The molecule has 9 heteroatoms. The molecule has 0 bridgehead atoms. The van der Waals surface area contributed by atoms with Gasteiger partial charge in [-0.25, -0.2) is 0 Å². The van der Waals surface area contributed by atoms with E-state index in [-0.39, 0.29) is 32.7 Å². The van der Waals surface area contributed by atoms with Crippen molar-refractivity contribution < 1.29 is 42.9 Å².